The Morgan fingerprint density at radius 1 is 0.650 bits per heavy atom. The topological polar surface area (TPSA) is 279 Å². The molecule has 2 aliphatic carbocycles. The highest BCUT2D eigenvalue weighted by Gasteiger charge is 2.50. The molecule has 0 unspecified atom stereocenters. The van der Waals surface area contributed by atoms with Crippen LogP contribution in [-0.2, 0) is 74.9 Å². The van der Waals surface area contributed by atoms with E-state index in [-0.39, 0.29) is 76.5 Å². The second-order valence-electron chi connectivity index (χ2n) is 28.9. The molecule has 3 N–H and O–H groups in total. The Balaban J connectivity index is 1.43. The van der Waals surface area contributed by atoms with Crippen LogP contribution in [0, 0.1) is 17.8 Å². The molecular formula is C71H110ClF3N12O13. The predicted molar refractivity (Wildman–Crippen MR) is 368 cm³/mol. The number of amides is 12. The van der Waals surface area contributed by atoms with Crippen LogP contribution in [0.5, 0.6) is 0 Å². The molecule has 100 heavy (non-hydrogen) atoms. The Labute approximate surface area is 592 Å². The van der Waals surface area contributed by atoms with Crippen molar-refractivity contribution in [3.8, 4) is 0 Å². The molecule has 3 saturated heterocycles. The third kappa shape index (κ3) is 21.3. The lowest BCUT2D eigenvalue weighted by Gasteiger charge is -2.40. The summed E-state index contributed by atoms with van der Waals surface area (Å²) in [5.74, 6) is -8.82. The fourth-order valence-electron chi connectivity index (χ4n) is 14.4. The Kier molecular flexibility index (Phi) is 30.4. The highest BCUT2D eigenvalue weighted by molar-refractivity contribution is 6.31. The molecule has 29 heteroatoms. The third-order valence-electron chi connectivity index (χ3n) is 21.0. The Morgan fingerprint density at radius 3 is 1.88 bits per heavy atom. The van der Waals surface area contributed by atoms with Crippen LogP contribution in [0.3, 0.4) is 0 Å². The standard InChI is InChI=1S/C71H110ClF3N12O13/c1-13-36-100-44-56-66(96)84(11)55(67(97)86-33-21-16-22-34-86)40-58(89)82(9)53(37-45(3)4)62(92)77-61(46(5)14-2)68(98)81(8)42-59(90)79(6)43-60(91)83(10)54(39-47-24-17-15-18-25-47)65(95)80(7)41-57(88)76-51(30-28-48-27-29-49(50(72)38-48)71(73,74)75)64(94)87-35-23-26-52(87)63(93)78-70(31-19-20-32-70)69(99)85(56)12/h27,29,38,45-47,51-56,61H,13-26,28,30-37,39-44H2,1-12H3,(H,76,88)(H,77,92)(H,78,93)/t46-,51-,52-,53-,54-,55-,56-,61-/m0/s1. The van der Waals surface area contributed by atoms with Gasteiger partial charge in [-0.05, 0) is 112 Å². The number of nitrogens with one attached hydrogen (secondary N) is 3. The number of fused-ring (bicyclic) bond motifs is 1. The molecule has 3 heterocycles. The Hall–Kier alpha value is -7.10. The number of halogens is 4. The van der Waals surface area contributed by atoms with Crippen molar-refractivity contribution in [3.63, 3.8) is 0 Å². The smallest absolute Gasteiger partial charge is 0.379 e. The zero-order chi connectivity index (χ0) is 74.1. The number of likely N-dealkylation sites (tertiary alicyclic amines) is 1. The van der Waals surface area contributed by atoms with Crippen LogP contribution in [0.2, 0.25) is 5.02 Å². The van der Waals surface area contributed by atoms with Crippen molar-refractivity contribution in [1.29, 1.82) is 0 Å². The highest BCUT2D eigenvalue weighted by Crippen LogP contribution is 2.37. The highest BCUT2D eigenvalue weighted by atomic mass is 35.5. The van der Waals surface area contributed by atoms with E-state index in [1.165, 1.54) is 75.0 Å². The van der Waals surface area contributed by atoms with E-state index in [0.717, 1.165) is 70.3 Å². The van der Waals surface area contributed by atoms with E-state index in [1.54, 1.807) is 11.8 Å². The van der Waals surface area contributed by atoms with Gasteiger partial charge in [0.05, 0.1) is 43.2 Å². The number of carbonyl (C=O) groups excluding carboxylic acids is 12. The molecule has 0 radical (unpaired) electrons. The molecule has 8 atom stereocenters. The number of hydrogen-bond donors (Lipinski definition) is 3. The van der Waals surface area contributed by atoms with Crippen LogP contribution < -0.4 is 16.0 Å². The number of benzene rings is 1. The number of alkyl halides is 3. The zero-order valence-electron chi connectivity index (χ0n) is 60.9. The van der Waals surface area contributed by atoms with E-state index in [1.807, 2.05) is 27.7 Å². The van der Waals surface area contributed by atoms with E-state index in [4.69, 9.17) is 16.3 Å². The van der Waals surface area contributed by atoms with E-state index < -0.39 is 167 Å². The van der Waals surface area contributed by atoms with Crippen LogP contribution >= 0.6 is 11.6 Å². The van der Waals surface area contributed by atoms with Crippen LogP contribution in [-0.4, -0.2) is 265 Å². The minimum atomic E-state index is -4.76. The van der Waals surface area contributed by atoms with Gasteiger partial charge in [-0.2, -0.15) is 13.2 Å². The largest absolute Gasteiger partial charge is 0.417 e. The molecule has 2 saturated carbocycles. The van der Waals surface area contributed by atoms with Gasteiger partial charge in [0.2, 0.25) is 70.9 Å². The van der Waals surface area contributed by atoms with Crippen molar-refractivity contribution in [2.24, 2.45) is 17.8 Å². The minimum Gasteiger partial charge on any atom is -0.379 e. The number of carbonyl (C=O) groups is 12. The van der Waals surface area contributed by atoms with Gasteiger partial charge < -0.3 is 64.8 Å². The Bertz CT molecular complexity index is 3070. The fraction of sp³-hybridized carbons (Fsp3) is 0.746. The van der Waals surface area contributed by atoms with Gasteiger partial charge in [-0.15, -0.1) is 0 Å². The van der Waals surface area contributed by atoms with Crippen molar-refractivity contribution in [3.05, 3.63) is 34.3 Å². The number of hydrogen-bond acceptors (Lipinski definition) is 13. The van der Waals surface area contributed by atoms with Crippen LogP contribution in [0.15, 0.2) is 18.2 Å². The van der Waals surface area contributed by atoms with Gasteiger partial charge >= 0.3 is 6.18 Å². The summed E-state index contributed by atoms with van der Waals surface area (Å²) >= 11 is 6.15. The second kappa shape index (κ2) is 37.2. The Morgan fingerprint density at radius 2 is 1.27 bits per heavy atom. The summed E-state index contributed by atoms with van der Waals surface area (Å²) in [6.07, 6.45) is 3.73. The lowest BCUT2D eigenvalue weighted by atomic mass is 9.84. The average Bonchev–Trinajstić information content (AvgIpc) is 1.58. The van der Waals surface area contributed by atoms with Gasteiger partial charge in [0.1, 0.15) is 47.8 Å². The van der Waals surface area contributed by atoms with Gasteiger partial charge in [-0.25, -0.2) is 0 Å². The summed E-state index contributed by atoms with van der Waals surface area (Å²) in [5, 5.41) is 8.07. The maximum atomic E-state index is 15.5. The second-order valence-corrected chi connectivity index (χ2v) is 29.3. The molecule has 1 spiro atoms. The van der Waals surface area contributed by atoms with E-state index in [0.29, 0.717) is 63.6 Å². The van der Waals surface area contributed by atoms with Crippen molar-refractivity contribution in [2.45, 2.75) is 223 Å². The molecule has 6 rings (SSSR count). The molecule has 0 bridgehead atoms. The first-order chi connectivity index (χ1) is 47.2. The summed E-state index contributed by atoms with van der Waals surface area (Å²) in [5.41, 5.74) is -2.41. The van der Waals surface area contributed by atoms with Gasteiger partial charge in [0.25, 0.3) is 0 Å². The quantitative estimate of drug-likeness (QED) is 0.201. The SMILES string of the molecule is CCCOC[C@H]1C(=O)N(C)[C@H](C(=O)N2CCCCC2)CC(=O)N(C)[C@@H](CC(C)C)C(=O)N[C@@H]([C@@H](C)CC)C(=O)N(C)CC(=O)N(C)CC(=O)N(C)[C@@H](CC2CCCCC2)C(=O)N(C)CC(=O)N[C@@H](CCc2ccc(C(F)(F)F)c(Cl)c2)C(=O)N2CCC[C@H]2C(=O)NC2(CCCC2)C(=O)N1C. The molecule has 25 nitrogen and oxygen atoms in total. The molecule has 5 fully saturated rings. The number of nitrogens with zero attached hydrogens (tertiary/aromatic N) is 9. The molecule has 3 aliphatic heterocycles. The minimum absolute atomic E-state index is 0.0139. The molecule has 560 valence electrons. The maximum absolute atomic E-state index is 15.5. The van der Waals surface area contributed by atoms with Crippen molar-refractivity contribution in [2.75, 3.05) is 102 Å². The number of rotatable bonds is 14. The van der Waals surface area contributed by atoms with Gasteiger partial charge in [0, 0.05) is 75.6 Å². The number of aryl methyl sites for hydroxylation is 1. The number of ether oxygens (including phenoxy) is 1. The zero-order valence-corrected chi connectivity index (χ0v) is 61.6. The van der Waals surface area contributed by atoms with Crippen molar-refractivity contribution >= 4 is 82.5 Å². The number of likely N-dealkylation sites (N-methyl/N-ethyl adjacent to an activating group) is 7. The van der Waals surface area contributed by atoms with Crippen LogP contribution in [0.4, 0.5) is 13.2 Å². The number of piperidine rings is 1. The van der Waals surface area contributed by atoms with E-state index in [2.05, 4.69) is 16.0 Å². The van der Waals surface area contributed by atoms with Crippen LogP contribution in [0.25, 0.3) is 0 Å². The molecule has 12 amide bonds. The lowest BCUT2D eigenvalue weighted by molar-refractivity contribution is -0.157. The molecule has 5 aliphatic rings. The summed E-state index contributed by atoms with van der Waals surface area (Å²) < 4.78 is 47.6. The normalized spacial score (nSPS) is 25.8. The van der Waals surface area contributed by atoms with Gasteiger partial charge in [-0.3, -0.25) is 57.5 Å². The average molecular weight is 1430 g/mol. The third-order valence-corrected chi connectivity index (χ3v) is 21.3. The van der Waals surface area contributed by atoms with Crippen LogP contribution in [0.1, 0.15) is 174 Å². The summed E-state index contributed by atoms with van der Waals surface area (Å²) in [4.78, 5) is 189. The fourth-order valence-corrected chi connectivity index (χ4v) is 14.8. The van der Waals surface area contributed by atoms with Gasteiger partial charge in [-0.1, -0.05) is 104 Å². The molecular weight excluding hydrogens is 1320 g/mol. The maximum Gasteiger partial charge on any atom is 0.417 e. The molecule has 1 aromatic carbocycles. The molecule has 0 aromatic heterocycles. The van der Waals surface area contributed by atoms with E-state index >= 15 is 24.0 Å². The van der Waals surface area contributed by atoms with E-state index in [9.17, 15) is 46.7 Å². The van der Waals surface area contributed by atoms with Gasteiger partial charge in [0.15, 0.2) is 0 Å². The monoisotopic (exact) mass is 1430 g/mol. The first-order valence-corrected chi connectivity index (χ1v) is 36.3. The lowest BCUT2D eigenvalue weighted by Crippen LogP contribution is -2.65. The summed E-state index contributed by atoms with van der Waals surface area (Å²) in [7, 11) is 9.75. The first-order valence-electron chi connectivity index (χ1n) is 35.9. The summed E-state index contributed by atoms with van der Waals surface area (Å²) in [6.45, 7) is 7.97. The first kappa shape index (κ1) is 81.9. The summed E-state index contributed by atoms with van der Waals surface area (Å²) in [6, 6.07) is -5.95. The van der Waals surface area contributed by atoms with Crippen molar-refractivity contribution < 1.29 is 75.4 Å². The van der Waals surface area contributed by atoms with Crippen molar-refractivity contribution in [1.82, 2.24) is 60.0 Å². The molecule has 1 aromatic rings. The predicted octanol–water partition coefficient (Wildman–Crippen LogP) is 5.27.